The monoisotopic (exact) mass is 807 g/mol. The molecule has 0 atom stereocenters. The summed E-state index contributed by atoms with van der Waals surface area (Å²) in [7, 11) is -3.25. The Labute approximate surface area is 320 Å². The number of thiocarbonyl (C=S) groups is 1. The molecule has 4 rings (SSSR count). The van der Waals surface area contributed by atoms with Crippen LogP contribution < -0.4 is 4.57 Å². The predicted octanol–water partition coefficient (Wildman–Crippen LogP) is 9.97. The van der Waals surface area contributed by atoms with Gasteiger partial charge in [0.05, 0.1) is 32.5 Å². The van der Waals surface area contributed by atoms with Gasteiger partial charge in [0.2, 0.25) is 0 Å². The lowest BCUT2D eigenvalue weighted by Gasteiger charge is -2.08. The largest absolute Gasteiger partial charge is 0.741 e. The summed E-state index contributed by atoms with van der Waals surface area (Å²) in [6.45, 7) is 6.20. The summed E-state index contributed by atoms with van der Waals surface area (Å²) >= 11 is 4.48. The predicted molar refractivity (Wildman–Crippen MR) is 202 cm³/mol. The number of unbranched alkanes of at least 4 members (excludes halogenated alkanes) is 5. The number of isothiocyanates is 1. The molecule has 0 fully saturated rings. The Kier molecular flexibility index (Phi) is 25.2. The van der Waals surface area contributed by atoms with Gasteiger partial charge in [-0.3, -0.25) is 0 Å². The average molecular weight is 808 g/mol. The number of imidazole rings is 1. The van der Waals surface area contributed by atoms with E-state index in [9.17, 15) is 26.3 Å². The van der Waals surface area contributed by atoms with Crippen molar-refractivity contribution in [2.75, 3.05) is 19.8 Å². The maximum absolute atomic E-state index is 12.7. The number of para-hydroxylation sites is 2. The molecule has 0 spiro atoms. The van der Waals surface area contributed by atoms with Gasteiger partial charge >= 0.3 is 17.5 Å². The van der Waals surface area contributed by atoms with Crippen LogP contribution in [-0.4, -0.2) is 48.0 Å². The van der Waals surface area contributed by atoms with Crippen molar-refractivity contribution < 1.29 is 53.4 Å². The number of nitrogens with zero attached hydrogens (tertiary/aromatic N) is 3. The van der Waals surface area contributed by atoms with Crippen molar-refractivity contribution in [2.24, 2.45) is 19.1 Å². The van der Waals surface area contributed by atoms with Crippen molar-refractivity contribution in [3.63, 3.8) is 0 Å². The fourth-order valence-electron chi connectivity index (χ4n) is 4.64. The molecule has 3 aromatic carbocycles. The smallest absolute Gasteiger partial charge is 0.495 e. The van der Waals surface area contributed by atoms with Crippen LogP contribution in [0.5, 0.6) is 0 Å². The van der Waals surface area contributed by atoms with E-state index in [1.807, 2.05) is 24.3 Å². The molecule has 0 radical (unpaired) electrons. The molecular weight excluding hydrogens is 757 g/mol. The molecule has 1 aromatic heterocycles. The molecule has 16 heteroatoms. The number of fused-ring (bicyclic) bond motifs is 1. The molecular formula is C38H51F6N3O5S2. The van der Waals surface area contributed by atoms with E-state index in [-0.39, 0.29) is 7.43 Å². The van der Waals surface area contributed by atoms with Crippen LogP contribution in [0.1, 0.15) is 76.2 Å². The first-order valence-corrected chi connectivity index (χ1v) is 18.7. The first-order chi connectivity index (χ1) is 25.0. The molecule has 0 aliphatic rings. The molecule has 0 aliphatic heterocycles. The molecule has 0 N–H and O–H groups in total. The highest BCUT2D eigenvalue weighted by molar-refractivity contribution is 7.86. The lowest BCUT2D eigenvalue weighted by molar-refractivity contribution is -0.667. The molecule has 0 saturated heterocycles. The minimum absolute atomic E-state index is 0. The summed E-state index contributed by atoms with van der Waals surface area (Å²) < 4.78 is 110. The fourth-order valence-corrected chi connectivity index (χ4v) is 4.73. The SMILES string of the molecule is C.CCCCCCOCc1ccccc1.Cn1c(C(F)(F)F)[n+](C)c2ccccc21.O=S(=O)([O-])C(F)(F)F.S=C=NCCCCCOCc1ccccc1. The third-order valence-corrected chi connectivity index (χ3v) is 7.96. The van der Waals surface area contributed by atoms with Crippen LogP contribution >= 0.6 is 12.2 Å². The normalized spacial score (nSPS) is 11.1. The molecule has 8 nitrogen and oxygen atoms in total. The third-order valence-electron chi connectivity index (χ3n) is 7.27. The van der Waals surface area contributed by atoms with Crippen LogP contribution in [-0.2, 0) is 53.1 Å². The second kappa shape index (κ2) is 27.0. The number of aliphatic imine (C=N–C) groups is 1. The number of rotatable bonds is 15. The number of aromatic nitrogens is 2. The van der Waals surface area contributed by atoms with Crippen LogP contribution in [0.4, 0.5) is 26.3 Å². The van der Waals surface area contributed by atoms with E-state index >= 15 is 0 Å². The molecule has 54 heavy (non-hydrogen) atoms. The first kappa shape index (κ1) is 50.3. The van der Waals surface area contributed by atoms with Crippen LogP contribution in [0.15, 0.2) is 89.9 Å². The summed E-state index contributed by atoms with van der Waals surface area (Å²) in [5, 5.41) is 2.37. The molecule has 0 amide bonds. The van der Waals surface area contributed by atoms with Gasteiger partial charge in [0.15, 0.2) is 21.2 Å². The van der Waals surface area contributed by atoms with E-state index in [1.54, 1.807) is 24.3 Å². The quantitative estimate of drug-likeness (QED) is 0.0226. The maximum atomic E-state index is 12.7. The maximum Gasteiger partial charge on any atom is 0.495 e. The lowest BCUT2D eigenvalue weighted by atomic mass is 10.2. The Bertz CT molecular complexity index is 1690. The number of ether oxygens (including phenoxy) is 2. The van der Waals surface area contributed by atoms with E-state index in [0.29, 0.717) is 17.6 Å². The van der Waals surface area contributed by atoms with E-state index in [1.165, 1.54) is 50.9 Å². The Morgan fingerprint density at radius 2 is 1.22 bits per heavy atom. The molecule has 302 valence electrons. The number of halogens is 6. The van der Waals surface area contributed by atoms with E-state index in [0.717, 1.165) is 54.8 Å². The van der Waals surface area contributed by atoms with Gasteiger partial charge in [-0.15, -0.1) is 0 Å². The Hall–Kier alpha value is -3.66. The molecule has 0 bridgehead atoms. The third kappa shape index (κ3) is 20.7. The summed E-state index contributed by atoms with van der Waals surface area (Å²) in [4.78, 5) is 3.86. The first-order valence-electron chi connectivity index (χ1n) is 16.8. The van der Waals surface area contributed by atoms with Gasteiger partial charge in [-0.25, -0.2) is 22.5 Å². The van der Waals surface area contributed by atoms with Gasteiger partial charge in [-0.1, -0.05) is 106 Å². The highest BCUT2D eigenvalue weighted by atomic mass is 32.2. The minimum Gasteiger partial charge on any atom is -0.741 e. The van der Waals surface area contributed by atoms with E-state index in [4.69, 9.17) is 22.4 Å². The summed E-state index contributed by atoms with van der Waals surface area (Å²) in [6.07, 6.45) is 4.06. The van der Waals surface area contributed by atoms with Crippen LogP contribution in [0.3, 0.4) is 0 Å². The second-order valence-corrected chi connectivity index (χ2v) is 13.1. The Morgan fingerprint density at radius 1 is 0.778 bits per heavy atom. The second-order valence-electron chi connectivity index (χ2n) is 11.5. The molecule has 0 unspecified atom stereocenters. The molecule has 1 heterocycles. The van der Waals surface area contributed by atoms with E-state index in [2.05, 4.69) is 65.7 Å². The zero-order valence-electron chi connectivity index (χ0n) is 30.0. The summed E-state index contributed by atoms with van der Waals surface area (Å²) in [6, 6.07) is 27.4. The topological polar surface area (TPSA) is 96.8 Å². The highest BCUT2D eigenvalue weighted by Crippen LogP contribution is 2.29. The highest BCUT2D eigenvalue weighted by Gasteiger charge is 2.45. The van der Waals surface area contributed by atoms with Crippen molar-refractivity contribution >= 4 is 38.5 Å². The standard InChI is InChI=1S/C13H17NOS.C13H20O.C10H10F3N2.CHF3O3S.CH4/c16-12-14-9-5-2-6-10-15-11-13-7-3-1-4-8-13;1-2-3-4-8-11-14-12-13-9-6-5-7-10-13;1-14-7-5-3-4-6-8(7)15(2)9(14)10(11,12)13;2-1(3,4)8(5,6)7;/h1,3-4,7-8H,2,5-6,9-11H2;5-7,9-10H,2-4,8,11-12H2,1H3;3-6H,1-2H3;(H,5,6,7);1H4/q;;+1;;/p-1. The number of benzene rings is 3. The van der Waals surface area contributed by atoms with Crippen molar-refractivity contribution in [3.8, 4) is 0 Å². The van der Waals surface area contributed by atoms with Crippen molar-refractivity contribution in [2.45, 2.75) is 84.2 Å². The van der Waals surface area contributed by atoms with Gasteiger partial charge in [-0.05, 0) is 61.2 Å². The van der Waals surface area contributed by atoms with Crippen LogP contribution in [0, 0.1) is 0 Å². The average Bonchev–Trinajstić information content (AvgIpc) is 3.38. The Morgan fingerprint density at radius 3 is 1.63 bits per heavy atom. The van der Waals surface area contributed by atoms with Gasteiger partial charge < -0.3 is 14.0 Å². The number of hydrogen-bond donors (Lipinski definition) is 0. The van der Waals surface area contributed by atoms with E-state index < -0.39 is 27.6 Å². The van der Waals surface area contributed by atoms with Gasteiger partial charge in [0.1, 0.15) is 0 Å². The Balaban J connectivity index is 0.000000707. The van der Waals surface area contributed by atoms with Gasteiger partial charge in [0.25, 0.3) is 0 Å². The summed E-state index contributed by atoms with van der Waals surface area (Å²) in [5.74, 6) is -0.649. The summed E-state index contributed by atoms with van der Waals surface area (Å²) in [5.41, 5.74) is -2.00. The van der Waals surface area contributed by atoms with Crippen LogP contribution in [0.25, 0.3) is 11.0 Å². The zero-order chi connectivity index (χ0) is 39.8. The lowest BCUT2D eigenvalue weighted by Crippen LogP contribution is -2.37. The number of alkyl halides is 6. The fraction of sp³-hybridized carbons (Fsp3) is 0.474. The van der Waals surface area contributed by atoms with Gasteiger partial charge in [0, 0.05) is 19.8 Å². The number of aryl methyl sites for hydroxylation is 2. The van der Waals surface area contributed by atoms with Crippen molar-refractivity contribution in [1.29, 1.82) is 0 Å². The zero-order valence-corrected chi connectivity index (χ0v) is 31.7. The molecule has 4 aromatic rings. The molecule has 0 aliphatic carbocycles. The number of hydrogen-bond acceptors (Lipinski definition) is 7. The molecule has 0 saturated carbocycles. The van der Waals surface area contributed by atoms with Crippen molar-refractivity contribution in [1.82, 2.24) is 4.57 Å². The van der Waals surface area contributed by atoms with Crippen molar-refractivity contribution in [3.05, 3.63) is 102 Å². The minimum atomic E-state index is -6.09. The van der Waals surface area contributed by atoms with Gasteiger partial charge in [-0.2, -0.15) is 26.3 Å². The van der Waals surface area contributed by atoms with Crippen LogP contribution in [0.2, 0.25) is 0 Å².